The van der Waals surface area contributed by atoms with Gasteiger partial charge in [0.05, 0.1) is 38.6 Å². The summed E-state index contributed by atoms with van der Waals surface area (Å²) in [6.45, 7) is 1.60. The molecule has 19 nitrogen and oxygen atoms in total. The fourth-order valence-electron chi connectivity index (χ4n) is 13.6. The van der Waals surface area contributed by atoms with Gasteiger partial charge in [0, 0.05) is 6.42 Å². The second-order valence-corrected chi connectivity index (χ2v) is 30.2. The van der Waals surface area contributed by atoms with Gasteiger partial charge in [-0.25, -0.2) is 0 Å². The molecule has 12 N–H and O–H groups in total. The van der Waals surface area contributed by atoms with E-state index in [1.54, 1.807) is 6.08 Å². The molecular weight excluding hydrogens is 1420 g/mol. The lowest BCUT2D eigenvalue weighted by Gasteiger charge is -2.48. The molecule has 0 spiro atoms. The van der Waals surface area contributed by atoms with E-state index in [1.165, 1.54) is 122 Å². The molecule has 1 amide bonds. The third kappa shape index (κ3) is 48.8. The summed E-state index contributed by atoms with van der Waals surface area (Å²) in [7, 11) is 0. The first-order valence-corrected chi connectivity index (χ1v) is 43.7. The smallest absolute Gasteiger partial charge is 0.220 e. The minimum Gasteiger partial charge on any atom is -0.394 e. The Labute approximate surface area is 675 Å². The zero-order valence-electron chi connectivity index (χ0n) is 68.8. The Hall–Kier alpha value is -4.59. The number of nitrogens with one attached hydrogen (secondary N) is 1. The molecule has 3 heterocycles. The molecule has 17 atom stereocenters. The normalized spacial score (nSPS) is 25.7. The number of hydrogen-bond donors (Lipinski definition) is 12. The SMILES string of the molecule is CC/C=C\C/C=C\C/C=C\C/C=C\C/C=C\C/C=C\C/C=C\C/C=C\C/C=C\C/C=C\CCCCCCCCCCC(=O)NC(COC1OC(CO)C(OC2OC(CO)C(OC3OC(CO)C(O)C(O)C3O)C(O)C2O)C(O)C1O)C(O)/C=C/CC/C=C/CC/C=C/CCCCCCCCCCCCCCCCCCCC. The topological polar surface area (TPSA) is 307 Å². The first-order valence-electron chi connectivity index (χ1n) is 43.7. The van der Waals surface area contributed by atoms with Crippen molar-refractivity contribution in [2.24, 2.45) is 0 Å². The molecule has 112 heavy (non-hydrogen) atoms. The Morgan fingerprint density at radius 1 is 0.330 bits per heavy atom. The molecule has 17 unspecified atom stereocenters. The van der Waals surface area contributed by atoms with Gasteiger partial charge in [-0.1, -0.05) is 320 Å². The summed E-state index contributed by atoms with van der Waals surface area (Å²) in [5, 5.41) is 121. The van der Waals surface area contributed by atoms with Crippen molar-refractivity contribution in [3.63, 3.8) is 0 Å². The number of aliphatic hydroxyl groups excluding tert-OH is 11. The number of hydrogen-bond acceptors (Lipinski definition) is 18. The van der Waals surface area contributed by atoms with Crippen LogP contribution in [-0.2, 0) is 33.2 Å². The maximum atomic E-state index is 13.5. The highest BCUT2D eigenvalue weighted by atomic mass is 16.8. The Bertz CT molecular complexity index is 2640. The van der Waals surface area contributed by atoms with Crippen molar-refractivity contribution in [1.82, 2.24) is 5.32 Å². The van der Waals surface area contributed by atoms with Crippen molar-refractivity contribution in [2.45, 2.75) is 394 Å². The summed E-state index contributed by atoms with van der Waals surface area (Å²) < 4.78 is 34.5. The highest BCUT2D eigenvalue weighted by Gasteiger charge is 2.54. The molecule has 0 aromatic rings. The Balaban J connectivity index is 1.37. The lowest BCUT2D eigenvalue weighted by atomic mass is 9.96. The van der Waals surface area contributed by atoms with Crippen LogP contribution in [-0.4, -0.2) is 193 Å². The minimum atomic E-state index is -1.99. The van der Waals surface area contributed by atoms with Crippen LogP contribution in [0.1, 0.15) is 290 Å². The average Bonchev–Trinajstić information content (AvgIpc) is 0.780. The van der Waals surface area contributed by atoms with E-state index in [2.05, 4.69) is 165 Å². The predicted octanol–water partition coefficient (Wildman–Crippen LogP) is 16.3. The maximum absolute atomic E-state index is 13.5. The molecule has 0 radical (unpaired) electrons. The van der Waals surface area contributed by atoms with E-state index in [1.807, 2.05) is 6.08 Å². The highest BCUT2D eigenvalue weighted by molar-refractivity contribution is 5.76. The number of amides is 1. The molecule has 19 heteroatoms. The van der Waals surface area contributed by atoms with Crippen LogP contribution in [0.5, 0.6) is 0 Å². The van der Waals surface area contributed by atoms with Gasteiger partial charge in [0.25, 0.3) is 0 Å². The standard InChI is InChI=1S/C93H155NO18/c1-3-5-7-9-11-13-15-17-19-21-23-25-27-29-31-33-34-35-36-37-38-39-40-41-42-43-45-47-49-51-53-55-57-59-61-63-65-67-69-71-81(99)94-76(77(98)70-68-66-64-62-60-58-56-54-52-50-48-46-44-32-30-28-26-24-22-20-18-16-14-12-10-8-6-4-2)75-107-91-87(105)84(102)89(79(73-96)109-91)112-93-88(106)85(103)90(80(74-97)110-93)111-92-86(104)83(101)82(100)78(72-95)108-92/h5,7,11,13,17,19,23,25,29,31,34-35,37-38,40-41,43,45,49,51-52,54,60,62,68,70,76-80,82-93,95-98,100-106H,3-4,6,8-10,12,14-16,18,20-22,24,26-28,30,32-33,36,39,42,44,46-48,50,53,55-59,61,63-67,69,71-75H2,1-2H3,(H,94,99)/b7-5-,13-11-,19-17-,25-23-,31-29-,35-34-,38-37-,41-40-,45-43-,51-49-,54-52+,62-60+,70-68+. The van der Waals surface area contributed by atoms with Crippen LogP contribution in [0.25, 0.3) is 0 Å². The van der Waals surface area contributed by atoms with Crippen LogP contribution >= 0.6 is 0 Å². The van der Waals surface area contributed by atoms with E-state index >= 15 is 0 Å². The van der Waals surface area contributed by atoms with E-state index in [-0.39, 0.29) is 18.9 Å². The average molecular weight is 1580 g/mol. The molecule has 3 rings (SSSR count). The predicted molar refractivity (Wildman–Crippen MR) is 452 cm³/mol. The molecule has 0 saturated carbocycles. The first kappa shape index (κ1) is 102. The number of allylic oxidation sites excluding steroid dienone is 25. The van der Waals surface area contributed by atoms with Crippen molar-refractivity contribution in [2.75, 3.05) is 26.4 Å². The van der Waals surface area contributed by atoms with E-state index in [9.17, 15) is 61.0 Å². The summed E-state index contributed by atoms with van der Waals surface area (Å²) in [5.41, 5.74) is 0. The second-order valence-electron chi connectivity index (χ2n) is 30.2. The van der Waals surface area contributed by atoms with E-state index in [4.69, 9.17) is 28.4 Å². The molecule has 3 saturated heterocycles. The van der Waals surface area contributed by atoms with Gasteiger partial charge >= 0.3 is 0 Å². The van der Waals surface area contributed by atoms with Gasteiger partial charge in [-0.15, -0.1) is 0 Å². The van der Waals surface area contributed by atoms with Crippen molar-refractivity contribution in [3.05, 3.63) is 158 Å². The zero-order valence-corrected chi connectivity index (χ0v) is 68.8. The molecule has 0 aliphatic carbocycles. The summed E-state index contributed by atoms with van der Waals surface area (Å²) >= 11 is 0. The summed E-state index contributed by atoms with van der Waals surface area (Å²) in [4.78, 5) is 13.5. The second kappa shape index (κ2) is 70.6. The third-order valence-corrected chi connectivity index (χ3v) is 20.5. The molecule has 0 bridgehead atoms. The summed E-state index contributed by atoms with van der Waals surface area (Å²) in [5.74, 6) is -0.303. The minimum absolute atomic E-state index is 0.212. The van der Waals surface area contributed by atoms with Crippen molar-refractivity contribution in [1.29, 1.82) is 0 Å². The van der Waals surface area contributed by atoms with Crippen LogP contribution in [0.3, 0.4) is 0 Å². The van der Waals surface area contributed by atoms with E-state index in [0.29, 0.717) is 12.8 Å². The number of unbranched alkanes of at least 4 members (excludes halogenated alkanes) is 28. The molecular formula is C93H155NO18. The number of ether oxygens (including phenoxy) is 6. The molecule has 0 aromatic heterocycles. The van der Waals surface area contributed by atoms with Gasteiger partial charge in [-0.2, -0.15) is 0 Å². The Morgan fingerprint density at radius 3 is 1.00 bits per heavy atom. The summed E-state index contributed by atoms with van der Waals surface area (Å²) in [6, 6.07) is -1.02. The number of carbonyl (C=O) groups excluding carboxylic acids is 1. The Kier molecular flexibility index (Phi) is 64.0. The van der Waals surface area contributed by atoms with E-state index < -0.39 is 124 Å². The van der Waals surface area contributed by atoms with Gasteiger partial charge in [0.2, 0.25) is 5.91 Å². The number of aliphatic hydroxyl groups is 11. The first-order chi connectivity index (χ1) is 54.8. The van der Waals surface area contributed by atoms with Gasteiger partial charge < -0.3 is 89.9 Å². The molecule has 3 aliphatic rings. The van der Waals surface area contributed by atoms with Crippen molar-refractivity contribution < 1.29 is 89.4 Å². The van der Waals surface area contributed by atoms with Crippen LogP contribution < -0.4 is 5.32 Å². The quantitative estimate of drug-likeness (QED) is 0.0199. The van der Waals surface area contributed by atoms with Gasteiger partial charge in [-0.05, 0) is 122 Å². The third-order valence-electron chi connectivity index (χ3n) is 20.5. The zero-order chi connectivity index (χ0) is 81.0. The monoisotopic (exact) mass is 1570 g/mol. The summed E-state index contributed by atoms with van der Waals surface area (Å²) in [6.07, 6.45) is 78.0. The molecule has 3 aliphatic heterocycles. The largest absolute Gasteiger partial charge is 0.394 e. The number of carbonyl (C=O) groups is 1. The fraction of sp³-hybridized carbons (Fsp3) is 0.710. The number of rotatable bonds is 68. The van der Waals surface area contributed by atoms with Crippen LogP contribution in [0, 0.1) is 0 Å². The van der Waals surface area contributed by atoms with E-state index in [0.717, 1.165) is 135 Å². The van der Waals surface area contributed by atoms with Gasteiger partial charge in [-0.3, -0.25) is 4.79 Å². The molecule has 640 valence electrons. The molecule has 3 fully saturated rings. The Morgan fingerprint density at radius 2 is 0.625 bits per heavy atom. The van der Waals surface area contributed by atoms with Crippen molar-refractivity contribution in [3.8, 4) is 0 Å². The van der Waals surface area contributed by atoms with Crippen LogP contribution in [0.15, 0.2) is 158 Å². The van der Waals surface area contributed by atoms with Gasteiger partial charge in [0.1, 0.15) is 73.2 Å². The molecule has 0 aromatic carbocycles. The lowest BCUT2D eigenvalue weighted by molar-refractivity contribution is -0.379. The maximum Gasteiger partial charge on any atom is 0.220 e. The van der Waals surface area contributed by atoms with Gasteiger partial charge in [0.15, 0.2) is 18.9 Å². The van der Waals surface area contributed by atoms with Crippen molar-refractivity contribution >= 4 is 5.91 Å². The van der Waals surface area contributed by atoms with Crippen LogP contribution in [0.2, 0.25) is 0 Å². The lowest BCUT2D eigenvalue weighted by Crippen LogP contribution is -2.66. The highest BCUT2D eigenvalue weighted by Crippen LogP contribution is 2.33. The van der Waals surface area contributed by atoms with Crippen LogP contribution in [0.4, 0.5) is 0 Å². The fourth-order valence-corrected chi connectivity index (χ4v) is 13.6.